The van der Waals surface area contributed by atoms with Crippen LogP contribution in [0.4, 0.5) is 11.5 Å². The van der Waals surface area contributed by atoms with Crippen molar-refractivity contribution in [3.8, 4) is 0 Å². The number of nitrogens with one attached hydrogen (secondary N) is 2. The zero-order valence-electron chi connectivity index (χ0n) is 5.59. The molecule has 0 bridgehead atoms. The fraction of sp³-hybridized carbons (Fsp3) is 0.167. The summed E-state index contributed by atoms with van der Waals surface area (Å²) in [4.78, 5) is 18.2. The molecule has 1 aromatic rings. The highest BCUT2D eigenvalue weighted by Gasteiger charge is 2.13. The maximum absolute atomic E-state index is 10.8. The van der Waals surface area contributed by atoms with E-state index in [0.717, 1.165) is 0 Å². The molecule has 1 aliphatic heterocycles. The van der Waals surface area contributed by atoms with E-state index in [0.29, 0.717) is 11.5 Å². The van der Waals surface area contributed by atoms with Crippen molar-refractivity contribution in [2.45, 2.75) is 0 Å². The second kappa shape index (κ2) is 2.19. The predicted octanol–water partition coefficient (Wildman–Crippen LogP) is -0.359. The van der Waals surface area contributed by atoms with Crippen molar-refractivity contribution in [2.24, 2.45) is 0 Å². The number of anilines is 2. The highest BCUT2D eigenvalue weighted by atomic mass is 16.2. The Kier molecular flexibility index (Phi) is 1.21. The van der Waals surface area contributed by atoms with Crippen molar-refractivity contribution in [1.82, 2.24) is 9.97 Å². The molecule has 0 spiro atoms. The molecule has 1 aliphatic rings. The summed E-state index contributed by atoms with van der Waals surface area (Å²) in [6.07, 6.45) is 3.93. The summed E-state index contributed by atoms with van der Waals surface area (Å²) in [6.45, 7) is 0.262. The molecular weight excluding hydrogens is 144 g/mol. The minimum absolute atomic E-state index is 0.0766. The van der Waals surface area contributed by atoms with E-state index in [4.69, 9.17) is 0 Å². The van der Waals surface area contributed by atoms with Crippen LogP contribution in [0.2, 0.25) is 0 Å². The van der Waals surface area contributed by atoms with Gasteiger partial charge in [-0.3, -0.25) is 4.79 Å². The fourth-order valence-electron chi connectivity index (χ4n) is 0.878. The van der Waals surface area contributed by atoms with Gasteiger partial charge in [0, 0.05) is 0 Å². The first-order valence-corrected chi connectivity index (χ1v) is 3.13. The number of hydrogen-bond donors (Lipinski definition) is 2. The van der Waals surface area contributed by atoms with Gasteiger partial charge in [-0.1, -0.05) is 0 Å². The van der Waals surface area contributed by atoms with Crippen LogP contribution in [0.15, 0.2) is 6.20 Å². The molecule has 0 aliphatic carbocycles. The van der Waals surface area contributed by atoms with E-state index in [2.05, 4.69) is 26.9 Å². The molecule has 0 saturated carbocycles. The number of rotatable bonds is 0. The maximum atomic E-state index is 10.8. The zero-order chi connectivity index (χ0) is 7.68. The number of aromatic nitrogens is 2. The summed E-state index contributed by atoms with van der Waals surface area (Å²) in [5, 5.41) is 5.43. The van der Waals surface area contributed by atoms with E-state index >= 15 is 0 Å². The number of amides is 1. The highest BCUT2D eigenvalue weighted by molar-refractivity contribution is 5.99. The third-order valence-corrected chi connectivity index (χ3v) is 1.36. The van der Waals surface area contributed by atoms with Crippen molar-refractivity contribution in [3.05, 3.63) is 12.5 Å². The number of hydrogen-bond acceptors (Lipinski definition) is 4. The second-order valence-corrected chi connectivity index (χ2v) is 2.13. The number of carbonyl (C=O) groups excluding carboxylic acids is 1. The monoisotopic (exact) mass is 149 g/mol. The predicted molar refractivity (Wildman–Crippen MR) is 38.0 cm³/mol. The average molecular weight is 149 g/mol. The van der Waals surface area contributed by atoms with Crippen LogP contribution >= 0.6 is 0 Å². The first-order valence-electron chi connectivity index (χ1n) is 3.13. The Bertz CT molecular complexity index is 298. The lowest BCUT2D eigenvalue weighted by Gasteiger charge is -2.15. The number of fused-ring (bicyclic) bond motifs is 1. The van der Waals surface area contributed by atoms with Crippen LogP contribution in [-0.4, -0.2) is 22.4 Å². The lowest BCUT2D eigenvalue weighted by molar-refractivity contribution is -0.114. The van der Waals surface area contributed by atoms with Gasteiger partial charge in [0.1, 0.15) is 5.69 Å². The summed E-state index contributed by atoms with van der Waals surface area (Å²) in [5.41, 5.74) is 0.611. The molecule has 5 nitrogen and oxygen atoms in total. The van der Waals surface area contributed by atoms with E-state index in [1.54, 1.807) is 0 Å². The highest BCUT2D eigenvalue weighted by Crippen LogP contribution is 2.18. The van der Waals surface area contributed by atoms with Gasteiger partial charge in [0.15, 0.2) is 12.1 Å². The molecule has 0 fully saturated rings. The Morgan fingerprint density at radius 1 is 1.64 bits per heavy atom. The van der Waals surface area contributed by atoms with Gasteiger partial charge in [-0.2, -0.15) is 0 Å². The van der Waals surface area contributed by atoms with E-state index in [-0.39, 0.29) is 12.5 Å². The molecule has 0 aromatic carbocycles. The molecule has 2 rings (SSSR count). The minimum Gasteiger partial charge on any atom is -0.359 e. The Morgan fingerprint density at radius 2 is 2.55 bits per heavy atom. The average Bonchev–Trinajstić information content (AvgIpc) is 2.04. The molecule has 1 aromatic heterocycles. The van der Waals surface area contributed by atoms with Crippen molar-refractivity contribution >= 4 is 17.4 Å². The minimum atomic E-state index is -0.0766. The van der Waals surface area contributed by atoms with Gasteiger partial charge in [0.05, 0.1) is 12.7 Å². The molecule has 0 saturated heterocycles. The van der Waals surface area contributed by atoms with Gasteiger partial charge in [-0.05, 0) is 0 Å². The van der Waals surface area contributed by atoms with Crippen molar-refractivity contribution < 1.29 is 4.79 Å². The largest absolute Gasteiger partial charge is 0.359 e. The Hall–Kier alpha value is -1.65. The third-order valence-electron chi connectivity index (χ3n) is 1.36. The fourth-order valence-corrected chi connectivity index (χ4v) is 0.878. The summed E-state index contributed by atoms with van der Waals surface area (Å²) >= 11 is 0. The van der Waals surface area contributed by atoms with Gasteiger partial charge in [0.2, 0.25) is 5.91 Å². The van der Waals surface area contributed by atoms with Gasteiger partial charge in [0.25, 0.3) is 0 Å². The van der Waals surface area contributed by atoms with Crippen molar-refractivity contribution in [3.63, 3.8) is 0 Å². The van der Waals surface area contributed by atoms with Crippen molar-refractivity contribution in [2.75, 3.05) is 17.2 Å². The zero-order valence-corrected chi connectivity index (χ0v) is 5.59. The molecule has 11 heavy (non-hydrogen) atoms. The molecule has 2 heterocycles. The molecule has 0 unspecified atom stereocenters. The Balaban J connectivity index is 2.41. The van der Waals surface area contributed by atoms with Crippen LogP contribution in [0.5, 0.6) is 0 Å². The van der Waals surface area contributed by atoms with E-state index < -0.39 is 0 Å². The number of nitrogens with zero attached hydrogens (tertiary/aromatic N) is 2. The van der Waals surface area contributed by atoms with Crippen molar-refractivity contribution in [1.29, 1.82) is 0 Å². The summed E-state index contributed by atoms with van der Waals surface area (Å²) in [7, 11) is 0. The smallest absolute Gasteiger partial charge is 0.243 e. The molecule has 0 atom stereocenters. The molecule has 2 N–H and O–H groups in total. The topological polar surface area (TPSA) is 66.9 Å². The summed E-state index contributed by atoms with van der Waals surface area (Å²) in [5.74, 6) is 0.548. The SMILES string of the molecule is O=C1CNc2n[c]ncc2N1. The Labute approximate surface area is 62.9 Å². The molecule has 1 amide bonds. The lowest BCUT2D eigenvalue weighted by Crippen LogP contribution is -2.28. The maximum Gasteiger partial charge on any atom is 0.243 e. The van der Waals surface area contributed by atoms with Crippen LogP contribution in [0, 0.1) is 6.33 Å². The van der Waals surface area contributed by atoms with E-state index in [1.165, 1.54) is 6.20 Å². The van der Waals surface area contributed by atoms with Crippen LogP contribution in [0.3, 0.4) is 0 Å². The van der Waals surface area contributed by atoms with Crippen LogP contribution < -0.4 is 10.6 Å². The van der Waals surface area contributed by atoms with Gasteiger partial charge in [-0.25, -0.2) is 9.97 Å². The summed E-state index contributed by atoms with van der Waals surface area (Å²) in [6, 6.07) is 0. The Morgan fingerprint density at radius 3 is 3.45 bits per heavy atom. The molecule has 1 radical (unpaired) electrons. The van der Waals surface area contributed by atoms with E-state index in [1.807, 2.05) is 0 Å². The number of carbonyl (C=O) groups is 1. The lowest BCUT2D eigenvalue weighted by atomic mass is 10.3. The van der Waals surface area contributed by atoms with Crippen LogP contribution in [0.25, 0.3) is 0 Å². The molecule has 55 valence electrons. The van der Waals surface area contributed by atoms with E-state index in [9.17, 15) is 4.79 Å². The quantitative estimate of drug-likeness (QED) is 0.528. The standard InChI is InChI=1S/C6H5N4O/c11-5-2-8-6-4(10-5)1-7-3-9-6/h1H,2H2,(H,10,11)(H,7,8,9). The van der Waals surface area contributed by atoms with Crippen LogP contribution in [0.1, 0.15) is 0 Å². The summed E-state index contributed by atoms with van der Waals surface area (Å²) < 4.78 is 0. The first kappa shape index (κ1) is 6.09. The first-order chi connectivity index (χ1) is 5.36. The molecule has 5 heteroatoms. The second-order valence-electron chi connectivity index (χ2n) is 2.13. The van der Waals surface area contributed by atoms with Gasteiger partial charge in [-0.15, -0.1) is 0 Å². The molecular formula is C6H5N4O. The van der Waals surface area contributed by atoms with Gasteiger partial charge < -0.3 is 10.6 Å². The van der Waals surface area contributed by atoms with Crippen LogP contribution in [-0.2, 0) is 4.79 Å². The van der Waals surface area contributed by atoms with Gasteiger partial charge >= 0.3 is 0 Å². The third kappa shape index (κ3) is 1.000. The normalized spacial score (nSPS) is 14.7.